The Bertz CT molecular complexity index is 928. The van der Waals surface area contributed by atoms with Crippen LogP contribution in [0, 0.1) is 6.92 Å². The van der Waals surface area contributed by atoms with Gasteiger partial charge in [0, 0.05) is 22.2 Å². The highest BCUT2D eigenvalue weighted by Crippen LogP contribution is 2.35. The predicted octanol–water partition coefficient (Wildman–Crippen LogP) is 4.16. The van der Waals surface area contributed by atoms with E-state index in [9.17, 15) is 4.79 Å². The fraction of sp³-hybridized carbons (Fsp3) is 0.353. The molecule has 0 spiro atoms. The Balaban J connectivity index is 1.71. The first-order valence-electron chi connectivity index (χ1n) is 8.06. The molecule has 1 aliphatic carbocycles. The van der Waals surface area contributed by atoms with E-state index in [0.29, 0.717) is 15.7 Å². The molecule has 0 unspecified atom stereocenters. The van der Waals surface area contributed by atoms with Gasteiger partial charge in [-0.3, -0.25) is 10.1 Å². The van der Waals surface area contributed by atoms with Gasteiger partial charge >= 0.3 is 0 Å². The molecule has 3 aromatic heterocycles. The van der Waals surface area contributed by atoms with Crippen LogP contribution in [-0.2, 0) is 12.8 Å². The molecule has 3 aromatic rings. The molecule has 0 bridgehead atoms. The summed E-state index contributed by atoms with van der Waals surface area (Å²) in [7, 11) is 0. The number of carbonyl (C=O) groups is 1. The number of carbonyl (C=O) groups excluding carboxylic acids is 1. The minimum absolute atomic E-state index is 0.208. The molecule has 0 fully saturated rings. The lowest BCUT2D eigenvalue weighted by molar-refractivity contribution is 0.103. The van der Waals surface area contributed by atoms with Crippen molar-refractivity contribution in [3.8, 4) is 0 Å². The van der Waals surface area contributed by atoms with Gasteiger partial charge in [0.15, 0.2) is 5.13 Å². The maximum Gasteiger partial charge on any atom is 0.269 e. The average Bonchev–Trinajstić information content (AvgIpc) is 3.01. The number of hydrogen-bond donors (Lipinski definition) is 2. The summed E-state index contributed by atoms with van der Waals surface area (Å²) in [6.45, 7) is 1.96. The first-order valence-corrected chi connectivity index (χ1v) is 9.69. The van der Waals surface area contributed by atoms with Crippen LogP contribution in [0.3, 0.4) is 0 Å². The zero-order chi connectivity index (χ0) is 16.7. The number of anilines is 2. The Hall–Kier alpha value is -1.99. The number of aromatic nitrogens is 2. The quantitative estimate of drug-likeness (QED) is 0.674. The highest BCUT2D eigenvalue weighted by Gasteiger charge is 2.20. The minimum Gasteiger partial charge on any atom is -0.397 e. The van der Waals surface area contributed by atoms with E-state index < -0.39 is 0 Å². The van der Waals surface area contributed by atoms with Crippen LogP contribution in [0.5, 0.6) is 0 Å². The zero-order valence-corrected chi connectivity index (χ0v) is 15.0. The Kier molecular flexibility index (Phi) is 3.97. The molecule has 0 aromatic carbocycles. The van der Waals surface area contributed by atoms with Gasteiger partial charge in [-0.25, -0.2) is 9.97 Å². The molecule has 1 amide bonds. The topological polar surface area (TPSA) is 80.9 Å². The number of nitrogens with one attached hydrogen (secondary N) is 1. The summed E-state index contributed by atoms with van der Waals surface area (Å²) in [5.41, 5.74) is 9.25. The van der Waals surface area contributed by atoms with Crippen LogP contribution in [0.4, 0.5) is 10.8 Å². The van der Waals surface area contributed by atoms with Crippen molar-refractivity contribution in [3.63, 3.8) is 0 Å². The van der Waals surface area contributed by atoms with E-state index in [1.807, 2.05) is 6.92 Å². The molecule has 3 N–H and O–H groups in total. The van der Waals surface area contributed by atoms with E-state index in [1.54, 1.807) is 6.20 Å². The summed E-state index contributed by atoms with van der Waals surface area (Å²) in [4.78, 5) is 23.9. The second-order valence-electron chi connectivity index (χ2n) is 6.08. The number of thiazole rings is 1. The molecular weight excluding hydrogens is 340 g/mol. The van der Waals surface area contributed by atoms with Crippen molar-refractivity contribution in [2.24, 2.45) is 0 Å². The number of pyridine rings is 1. The van der Waals surface area contributed by atoms with Crippen molar-refractivity contribution in [2.45, 2.75) is 39.0 Å². The van der Waals surface area contributed by atoms with Crippen LogP contribution < -0.4 is 11.1 Å². The first kappa shape index (κ1) is 15.5. The Morgan fingerprint density at radius 1 is 1.25 bits per heavy atom. The van der Waals surface area contributed by atoms with E-state index >= 15 is 0 Å². The summed E-state index contributed by atoms with van der Waals surface area (Å²) in [6, 6.07) is 2.14. The molecule has 3 heterocycles. The highest BCUT2D eigenvalue weighted by atomic mass is 32.1. The van der Waals surface area contributed by atoms with Gasteiger partial charge in [0.25, 0.3) is 5.91 Å². The molecule has 124 valence electrons. The van der Waals surface area contributed by atoms with Crippen LogP contribution in [0.1, 0.15) is 45.1 Å². The molecule has 0 atom stereocenters. The van der Waals surface area contributed by atoms with Crippen LogP contribution in [0.25, 0.3) is 10.2 Å². The molecule has 0 aliphatic heterocycles. The van der Waals surface area contributed by atoms with Gasteiger partial charge < -0.3 is 5.73 Å². The van der Waals surface area contributed by atoms with Crippen molar-refractivity contribution in [1.82, 2.24) is 9.97 Å². The smallest absolute Gasteiger partial charge is 0.269 e. The summed E-state index contributed by atoms with van der Waals surface area (Å²) < 4.78 is 0. The molecule has 1 aliphatic rings. The highest BCUT2D eigenvalue weighted by molar-refractivity contribution is 7.21. The van der Waals surface area contributed by atoms with Crippen molar-refractivity contribution < 1.29 is 4.79 Å². The molecular formula is C17H18N4OS2. The second kappa shape index (κ2) is 6.14. The normalized spacial score (nSPS) is 14.4. The number of amides is 1. The Morgan fingerprint density at radius 3 is 2.88 bits per heavy atom. The van der Waals surface area contributed by atoms with Gasteiger partial charge in [0.05, 0.1) is 5.69 Å². The van der Waals surface area contributed by atoms with E-state index in [0.717, 1.165) is 27.9 Å². The molecule has 0 saturated heterocycles. The predicted molar refractivity (Wildman–Crippen MR) is 100 cm³/mol. The lowest BCUT2D eigenvalue weighted by atomic mass is 10.1. The van der Waals surface area contributed by atoms with E-state index in [2.05, 4.69) is 16.4 Å². The van der Waals surface area contributed by atoms with Crippen LogP contribution in [-0.4, -0.2) is 15.9 Å². The lowest BCUT2D eigenvalue weighted by Crippen LogP contribution is -2.11. The number of fused-ring (bicyclic) bond motifs is 2. The summed E-state index contributed by atoms with van der Waals surface area (Å²) in [6.07, 6.45) is 7.44. The van der Waals surface area contributed by atoms with Crippen LogP contribution >= 0.6 is 22.7 Å². The van der Waals surface area contributed by atoms with Gasteiger partial charge in [0.2, 0.25) is 0 Å². The molecule has 5 nitrogen and oxygen atoms in total. The fourth-order valence-electron chi connectivity index (χ4n) is 3.07. The van der Waals surface area contributed by atoms with Crippen molar-refractivity contribution in [3.05, 3.63) is 33.3 Å². The maximum atomic E-state index is 12.5. The molecule has 7 heteroatoms. The number of nitrogens with zero attached hydrogens (tertiary/aromatic N) is 2. The van der Waals surface area contributed by atoms with Gasteiger partial charge in [-0.2, -0.15) is 0 Å². The molecule has 4 rings (SSSR count). The Morgan fingerprint density at radius 2 is 2.08 bits per heavy atom. The van der Waals surface area contributed by atoms with Crippen LogP contribution in [0.2, 0.25) is 0 Å². The van der Waals surface area contributed by atoms with E-state index in [-0.39, 0.29) is 5.91 Å². The average molecular weight is 358 g/mol. The molecule has 0 radical (unpaired) electrons. The van der Waals surface area contributed by atoms with Gasteiger partial charge in [-0.15, -0.1) is 22.7 Å². The monoisotopic (exact) mass is 358 g/mol. The summed E-state index contributed by atoms with van der Waals surface area (Å²) in [5, 5.41) is 4.33. The number of aryl methyl sites for hydroxylation is 3. The number of thiophene rings is 1. The third-order valence-corrected chi connectivity index (χ3v) is 6.24. The third-order valence-electron chi connectivity index (χ3n) is 4.30. The summed E-state index contributed by atoms with van der Waals surface area (Å²) in [5.74, 6) is -0.208. The molecule has 24 heavy (non-hydrogen) atoms. The largest absolute Gasteiger partial charge is 0.397 e. The van der Waals surface area contributed by atoms with Crippen molar-refractivity contribution >= 4 is 49.6 Å². The second-order valence-corrected chi connectivity index (χ2v) is 8.32. The van der Waals surface area contributed by atoms with Gasteiger partial charge in [-0.05, 0) is 44.2 Å². The third kappa shape index (κ3) is 2.78. The van der Waals surface area contributed by atoms with E-state index in [1.165, 1.54) is 53.2 Å². The maximum absolute atomic E-state index is 12.5. The zero-order valence-electron chi connectivity index (χ0n) is 13.4. The number of rotatable bonds is 2. The van der Waals surface area contributed by atoms with E-state index in [4.69, 9.17) is 10.7 Å². The van der Waals surface area contributed by atoms with Crippen molar-refractivity contribution in [1.29, 1.82) is 0 Å². The summed E-state index contributed by atoms with van der Waals surface area (Å²) >= 11 is 2.82. The fourth-order valence-corrected chi connectivity index (χ4v) is 4.72. The minimum atomic E-state index is -0.208. The Labute approximate surface area is 147 Å². The lowest BCUT2D eigenvalue weighted by Gasteiger charge is -2.04. The first-order chi connectivity index (χ1) is 11.6. The SMILES string of the molecule is Cc1cnc(NC(=O)c2sc3nc4c(cc3c2N)CCCCC4)s1. The van der Waals surface area contributed by atoms with Crippen molar-refractivity contribution in [2.75, 3.05) is 11.1 Å². The standard InChI is InChI=1S/C17H18N4OS2/c1-9-8-19-17(23-9)21-15(22)14-13(18)11-7-10-5-3-2-4-6-12(10)20-16(11)24-14/h7-8H,2-6,18H2,1H3,(H,19,21,22). The number of nitrogen functional groups attached to an aromatic ring is 1. The number of hydrogen-bond acceptors (Lipinski definition) is 6. The number of nitrogens with two attached hydrogens (primary N) is 1. The van der Waals surface area contributed by atoms with Gasteiger partial charge in [-0.1, -0.05) is 6.42 Å². The van der Waals surface area contributed by atoms with Crippen LogP contribution in [0.15, 0.2) is 12.3 Å². The molecule has 0 saturated carbocycles. The van der Waals surface area contributed by atoms with Gasteiger partial charge in [0.1, 0.15) is 9.71 Å².